The SMILES string of the molecule is Cc1sc2nc(-c3cccs3)nc(N3CCN(C(=O)C4CCCO4)CC3)c2c1C. The zero-order valence-electron chi connectivity index (χ0n) is 16.7. The number of ether oxygens (including phenoxy) is 1. The van der Waals surface area contributed by atoms with Gasteiger partial charge in [0.1, 0.15) is 16.8 Å². The first-order valence-electron chi connectivity index (χ1n) is 10.1. The van der Waals surface area contributed by atoms with Gasteiger partial charge >= 0.3 is 0 Å². The summed E-state index contributed by atoms with van der Waals surface area (Å²) in [6.07, 6.45) is 1.60. The van der Waals surface area contributed by atoms with Gasteiger partial charge in [-0.25, -0.2) is 9.97 Å². The lowest BCUT2D eigenvalue weighted by atomic mass is 10.1. The number of anilines is 1. The number of nitrogens with zero attached hydrogens (tertiary/aromatic N) is 4. The van der Waals surface area contributed by atoms with Crippen LogP contribution in [0.25, 0.3) is 20.9 Å². The van der Waals surface area contributed by atoms with Crippen molar-refractivity contribution in [2.24, 2.45) is 0 Å². The molecule has 6 nitrogen and oxygen atoms in total. The fraction of sp³-hybridized carbons (Fsp3) is 0.476. The second-order valence-electron chi connectivity index (χ2n) is 7.63. The molecule has 3 aromatic heterocycles. The Labute approximate surface area is 178 Å². The van der Waals surface area contributed by atoms with E-state index in [4.69, 9.17) is 14.7 Å². The number of carbonyl (C=O) groups is 1. The zero-order valence-corrected chi connectivity index (χ0v) is 18.3. The number of aryl methyl sites for hydroxylation is 2. The van der Waals surface area contributed by atoms with Gasteiger partial charge in [0.15, 0.2) is 5.82 Å². The van der Waals surface area contributed by atoms with Gasteiger partial charge in [-0.2, -0.15) is 0 Å². The van der Waals surface area contributed by atoms with Crippen molar-refractivity contribution in [3.05, 3.63) is 28.0 Å². The largest absolute Gasteiger partial charge is 0.368 e. The Balaban J connectivity index is 1.44. The van der Waals surface area contributed by atoms with Crippen LogP contribution in [0, 0.1) is 13.8 Å². The van der Waals surface area contributed by atoms with Crippen molar-refractivity contribution in [1.29, 1.82) is 0 Å². The third-order valence-corrected chi connectivity index (χ3v) is 7.81. The molecule has 2 fully saturated rings. The molecule has 0 saturated carbocycles. The lowest BCUT2D eigenvalue weighted by Crippen LogP contribution is -2.51. The predicted octanol–water partition coefficient (Wildman–Crippen LogP) is 3.86. The fourth-order valence-electron chi connectivity index (χ4n) is 4.09. The Morgan fingerprint density at radius 3 is 2.72 bits per heavy atom. The topological polar surface area (TPSA) is 58.6 Å². The van der Waals surface area contributed by atoms with Crippen LogP contribution in [0.4, 0.5) is 5.82 Å². The number of hydrogen-bond donors (Lipinski definition) is 0. The monoisotopic (exact) mass is 428 g/mol. The molecule has 0 aliphatic carbocycles. The van der Waals surface area contributed by atoms with E-state index in [1.807, 2.05) is 11.0 Å². The normalized spacial score (nSPS) is 20.0. The maximum Gasteiger partial charge on any atom is 0.251 e. The second kappa shape index (κ2) is 7.66. The van der Waals surface area contributed by atoms with E-state index >= 15 is 0 Å². The number of rotatable bonds is 3. The van der Waals surface area contributed by atoms with Gasteiger partial charge in [0.05, 0.1) is 10.3 Å². The molecule has 0 radical (unpaired) electrons. The van der Waals surface area contributed by atoms with E-state index in [-0.39, 0.29) is 12.0 Å². The number of fused-ring (bicyclic) bond motifs is 1. The van der Waals surface area contributed by atoms with Gasteiger partial charge in [-0.05, 0) is 43.7 Å². The van der Waals surface area contributed by atoms with Crippen molar-refractivity contribution in [3.8, 4) is 10.7 Å². The minimum atomic E-state index is -0.237. The number of hydrogen-bond acceptors (Lipinski definition) is 7. The smallest absolute Gasteiger partial charge is 0.251 e. The summed E-state index contributed by atoms with van der Waals surface area (Å²) >= 11 is 3.40. The second-order valence-corrected chi connectivity index (χ2v) is 9.78. The number of amides is 1. The molecule has 5 rings (SSSR count). The molecule has 2 saturated heterocycles. The average Bonchev–Trinajstić information content (AvgIpc) is 3.50. The summed E-state index contributed by atoms with van der Waals surface area (Å²) in [7, 11) is 0. The molecule has 2 aliphatic heterocycles. The Bertz CT molecular complexity index is 1030. The highest BCUT2D eigenvalue weighted by atomic mass is 32.1. The summed E-state index contributed by atoms with van der Waals surface area (Å²) in [5.41, 5.74) is 1.26. The first-order chi connectivity index (χ1) is 14.1. The van der Waals surface area contributed by atoms with Crippen molar-refractivity contribution in [3.63, 3.8) is 0 Å². The molecule has 3 aromatic rings. The third kappa shape index (κ3) is 3.43. The highest BCUT2D eigenvalue weighted by molar-refractivity contribution is 7.19. The van der Waals surface area contributed by atoms with Gasteiger partial charge in [-0.3, -0.25) is 4.79 Å². The summed E-state index contributed by atoms with van der Waals surface area (Å²) < 4.78 is 5.59. The molecular formula is C21H24N4O2S2. The van der Waals surface area contributed by atoms with E-state index in [0.717, 1.165) is 52.7 Å². The van der Waals surface area contributed by atoms with Gasteiger partial charge in [0, 0.05) is 37.7 Å². The lowest BCUT2D eigenvalue weighted by molar-refractivity contribution is -0.141. The summed E-state index contributed by atoms with van der Waals surface area (Å²) in [6.45, 7) is 7.99. The Morgan fingerprint density at radius 1 is 1.21 bits per heavy atom. The summed E-state index contributed by atoms with van der Waals surface area (Å²) in [5, 5.41) is 3.22. The molecule has 5 heterocycles. The van der Waals surface area contributed by atoms with Crippen LogP contribution in [-0.2, 0) is 9.53 Å². The molecular weight excluding hydrogens is 404 g/mol. The molecule has 1 amide bonds. The summed E-state index contributed by atoms with van der Waals surface area (Å²) in [4.78, 5) is 30.2. The highest BCUT2D eigenvalue weighted by Gasteiger charge is 2.31. The van der Waals surface area contributed by atoms with Crippen LogP contribution in [0.2, 0.25) is 0 Å². The molecule has 8 heteroatoms. The number of aromatic nitrogens is 2. The molecule has 0 aromatic carbocycles. The quantitative estimate of drug-likeness (QED) is 0.634. The molecule has 29 heavy (non-hydrogen) atoms. The third-order valence-electron chi connectivity index (χ3n) is 5.85. The fourth-order valence-corrected chi connectivity index (χ4v) is 5.77. The van der Waals surface area contributed by atoms with E-state index < -0.39 is 0 Å². The average molecular weight is 429 g/mol. The van der Waals surface area contributed by atoms with Crippen LogP contribution >= 0.6 is 22.7 Å². The molecule has 0 spiro atoms. The predicted molar refractivity (Wildman–Crippen MR) is 118 cm³/mol. The zero-order chi connectivity index (χ0) is 20.0. The van der Waals surface area contributed by atoms with Gasteiger partial charge < -0.3 is 14.5 Å². The molecule has 2 aliphatic rings. The number of thiophene rings is 2. The minimum absolute atomic E-state index is 0.150. The van der Waals surface area contributed by atoms with Crippen molar-refractivity contribution in [1.82, 2.24) is 14.9 Å². The van der Waals surface area contributed by atoms with Gasteiger partial charge in [-0.1, -0.05) is 6.07 Å². The Hall–Kier alpha value is -2.03. The van der Waals surface area contributed by atoms with Crippen molar-refractivity contribution >= 4 is 44.6 Å². The number of piperazine rings is 1. The van der Waals surface area contributed by atoms with Crippen molar-refractivity contribution in [2.75, 3.05) is 37.7 Å². The molecule has 152 valence electrons. The number of carbonyl (C=O) groups excluding carboxylic acids is 1. The summed E-state index contributed by atoms with van der Waals surface area (Å²) in [5.74, 6) is 1.95. The maximum atomic E-state index is 12.7. The summed E-state index contributed by atoms with van der Waals surface area (Å²) in [6, 6.07) is 4.11. The van der Waals surface area contributed by atoms with Gasteiger partial charge in [0.25, 0.3) is 5.91 Å². The molecule has 1 unspecified atom stereocenters. The van der Waals surface area contributed by atoms with Crippen LogP contribution < -0.4 is 4.90 Å². The lowest BCUT2D eigenvalue weighted by Gasteiger charge is -2.36. The van der Waals surface area contributed by atoms with Crippen LogP contribution in [0.1, 0.15) is 23.3 Å². The van der Waals surface area contributed by atoms with Crippen LogP contribution in [0.5, 0.6) is 0 Å². The van der Waals surface area contributed by atoms with E-state index in [1.54, 1.807) is 22.7 Å². The first-order valence-corrected chi connectivity index (χ1v) is 11.8. The van der Waals surface area contributed by atoms with Crippen molar-refractivity contribution < 1.29 is 9.53 Å². The Kier molecular flexibility index (Phi) is 5.01. The Morgan fingerprint density at radius 2 is 2.03 bits per heavy atom. The van der Waals surface area contributed by atoms with E-state index in [9.17, 15) is 4.79 Å². The van der Waals surface area contributed by atoms with Crippen LogP contribution in [0.15, 0.2) is 17.5 Å². The standard InChI is InChI=1S/C21H24N4O2S2/c1-13-14(2)29-20-17(13)19(22-18(23-20)16-6-4-12-28-16)24-7-9-25(10-8-24)21(26)15-5-3-11-27-15/h4,6,12,15H,3,5,7-11H2,1-2H3. The first kappa shape index (κ1) is 19.0. The van der Waals surface area contributed by atoms with Gasteiger partial charge in [-0.15, -0.1) is 22.7 Å². The molecule has 0 N–H and O–H groups in total. The van der Waals surface area contributed by atoms with Crippen LogP contribution in [-0.4, -0.2) is 59.7 Å². The van der Waals surface area contributed by atoms with E-state index in [1.165, 1.54) is 10.4 Å². The highest BCUT2D eigenvalue weighted by Crippen LogP contribution is 2.37. The maximum absolute atomic E-state index is 12.7. The minimum Gasteiger partial charge on any atom is -0.368 e. The molecule has 1 atom stereocenters. The van der Waals surface area contributed by atoms with Crippen molar-refractivity contribution in [2.45, 2.75) is 32.8 Å². The molecule has 0 bridgehead atoms. The van der Waals surface area contributed by atoms with E-state index in [0.29, 0.717) is 19.7 Å². The van der Waals surface area contributed by atoms with Crippen LogP contribution in [0.3, 0.4) is 0 Å². The van der Waals surface area contributed by atoms with E-state index in [2.05, 4.69) is 30.2 Å². The van der Waals surface area contributed by atoms with Gasteiger partial charge in [0.2, 0.25) is 0 Å².